The van der Waals surface area contributed by atoms with Crippen LogP contribution in [0, 0.1) is 0 Å². The predicted molar refractivity (Wildman–Crippen MR) is 68.0 cm³/mol. The fraction of sp³-hybridized carbons (Fsp3) is 0.385. The number of phenols is 1. The van der Waals surface area contributed by atoms with Crippen LogP contribution in [0.4, 0.5) is 26.3 Å². The van der Waals surface area contributed by atoms with Crippen molar-refractivity contribution in [2.45, 2.75) is 31.7 Å². The first-order chi connectivity index (χ1) is 10.5. The van der Waals surface area contributed by atoms with Crippen molar-refractivity contribution in [3.63, 3.8) is 0 Å². The van der Waals surface area contributed by atoms with Gasteiger partial charge in [-0.3, -0.25) is 4.79 Å². The molecule has 0 aliphatic carbocycles. The molecule has 1 heterocycles. The number of hydrogen-bond donors (Lipinski definition) is 1. The minimum absolute atomic E-state index is 0.326. The zero-order valence-electron chi connectivity index (χ0n) is 11.4. The highest BCUT2D eigenvalue weighted by atomic mass is 19.4. The van der Waals surface area contributed by atoms with Crippen molar-refractivity contribution in [1.82, 2.24) is 9.55 Å². The minimum Gasteiger partial charge on any atom is -0.506 e. The van der Waals surface area contributed by atoms with Crippen LogP contribution < -0.4 is 5.56 Å². The van der Waals surface area contributed by atoms with E-state index < -0.39 is 48.7 Å². The number of benzene rings is 1. The molecule has 2 rings (SSSR count). The van der Waals surface area contributed by atoms with E-state index in [0.29, 0.717) is 4.57 Å². The molecule has 4 nitrogen and oxygen atoms in total. The number of aromatic nitrogens is 2. The largest absolute Gasteiger partial charge is 0.506 e. The Morgan fingerprint density at radius 3 is 2.35 bits per heavy atom. The molecule has 10 heteroatoms. The Kier molecular flexibility index (Phi) is 4.27. The van der Waals surface area contributed by atoms with Gasteiger partial charge in [-0.2, -0.15) is 26.3 Å². The highest BCUT2D eigenvalue weighted by Gasteiger charge is 2.37. The van der Waals surface area contributed by atoms with Gasteiger partial charge in [-0.25, -0.2) is 4.98 Å². The van der Waals surface area contributed by atoms with Gasteiger partial charge in [0.25, 0.3) is 5.56 Å². The Hall–Kier alpha value is -2.26. The van der Waals surface area contributed by atoms with E-state index >= 15 is 0 Å². The lowest BCUT2D eigenvalue weighted by Gasteiger charge is -2.15. The number of halogens is 6. The maximum atomic E-state index is 12.9. The molecule has 0 aliphatic rings. The SMILES string of the molecule is O=c1c(C(F)(F)F)nc2cccc(O)c2n1CCCC(F)(F)F. The molecular weight excluding hydrogens is 330 g/mol. The summed E-state index contributed by atoms with van der Waals surface area (Å²) in [5.41, 5.74) is -3.98. The van der Waals surface area contributed by atoms with Crippen molar-refractivity contribution in [1.29, 1.82) is 0 Å². The number of alkyl halides is 6. The molecule has 2 aromatic rings. The lowest BCUT2D eigenvalue weighted by molar-refractivity contribution is -0.142. The molecule has 0 atom stereocenters. The van der Waals surface area contributed by atoms with Gasteiger partial charge in [0.05, 0.1) is 5.52 Å². The zero-order valence-corrected chi connectivity index (χ0v) is 11.4. The Labute approximate surface area is 125 Å². The Morgan fingerprint density at radius 1 is 1.13 bits per heavy atom. The van der Waals surface area contributed by atoms with Crippen LogP contribution in [0.5, 0.6) is 5.75 Å². The van der Waals surface area contributed by atoms with Gasteiger partial charge in [-0.15, -0.1) is 0 Å². The van der Waals surface area contributed by atoms with Crippen LogP contribution in [-0.4, -0.2) is 20.8 Å². The number of nitrogens with zero attached hydrogens (tertiary/aromatic N) is 2. The Balaban J connectivity index is 2.59. The van der Waals surface area contributed by atoms with Crippen LogP contribution >= 0.6 is 0 Å². The lowest BCUT2D eigenvalue weighted by Crippen LogP contribution is -2.31. The number of fused-ring (bicyclic) bond motifs is 1. The van der Waals surface area contributed by atoms with E-state index in [-0.39, 0.29) is 11.0 Å². The van der Waals surface area contributed by atoms with Gasteiger partial charge in [-0.05, 0) is 18.6 Å². The van der Waals surface area contributed by atoms with Crippen molar-refractivity contribution >= 4 is 11.0 Å². The second-order valence-electron chi connectivity index (χ2n) is 4.78. The summed E-state index contributed by atoms with van der Waals surface area (Å²) < 4.78 is 75.6. The topological polar surface area (TPSA) is 55.1 Å². The molecule has 1 aromatic heterocycles. The molecule has 0 fully saturated rings. The molecule has 0 saturated carbocycles. The second-order valence-corrected chi connectivity index (χ2v) is 4.78. The summed E-state index contributed by atoms with van der Waals surface area (Å²) in [5, 5.41) is 9.73. The summed E-state index contributed by atoms with van der Waals surface area (Å²) in [6.07, 6.45) is -11.4. The molecule has 1 aromatic carbocycles. The van der Waals surface area contributed by atoms with Gasteiger partial charge >= 0.3 is 12.4 Å². The molecular formula is C13H10F6N2O2. The van der Waals surface area contributed by atoms with E-state index in [9.17, 15) is 36.2 Å². The lowest BCUT2D eigenvalue weighted by atomic mass is 10.2. The van der Waals surface area contributed by atoms with Gasteiger partial charge in [0.1, 0.15) is 11.3 Å². The van der Waals surface area contributed by atoms with E-state index in [1.54, 1.807) is 0 Å². The Bertz CT molecular complexity index is 779. The third-order valence-corrected chi connectivity index (χ3v) is 3.05. The van der Waals surface area contributed by atoms with Crippen LogP contribution in [-0.2, 0) is 12.7 Å². The van der Waals surface area contributed by atoms with Crippen molar-refractivity contribution in [2.24, 2.45) is 0 Å². The molecule has 0 aliphatic heterocycles. The maximum absolute atomic E-state index is 12.9. The quantitative estimate of drug-likeness (QED) is 0.871. The first-order valence-corrected chi connectivity index (χ1v) is 6.37. The van der Waals surface area contributed by atoms with E-state index in [1.165, 1.54) is 6.07 Å². The van der Waals surface area contributed by atoms with Crippen LogP contribution in [0.15, 0.2) is 23.0 Å². The number of hydrogen-bond acceptors (Lipinski definition) is 3. The number of aromatic hydroxyl groups is 1. The normalized spacial score (nSPS) is 12.8. The molecule has 23 heavy (non-hydrogen) atoms. The highest BCUT2D eigenvalue weighted by Crippen LogP contribution is 2.29. The molecule has 126 valence electrons. The van der Waals surface area contributed by atoms with Crippen molar-refractivity contribution in [3.05, 3.63) is 34.2 Å². The van der Waals surface area contributed by atoms with Crippen molar-refractivity contribution in [3.8, 4) is 5.75 Å². The summed E-state index contributed by atoms with van der Waals surface area (Å²) in [6.45, 7) is -0.627. The number of rotatable bonds is 3. The summed E-state index contributed by atoms with van der Waals surface area (Å²) in [5.74, 6) is -0.534. The molecule has 0 radical (unpaired) electrons. The standard InChI is InChI=1S/C13H10F6N2O2/c14-12(15,16)5-2-6-21-9-7(3-1-4-8(9)22)20-10(11(21)23)13(17,18)19/h1,3-4,22H,2,5-6H2. The monoisotopic (exact) mass is 340 g/mol. The maximum Gasteiger partial charge on any atom is 0.438 e. The van der Waals surface area contributed by atoms with E-state index in [2.05, 4.69) is 4.98 Å². The predicted octanol–water partition coefficient (Wildman–Crippen LogP) is 3.46. The average molecular weight is 340 g/mol. The third kappa shape index (κ3) is 3.74. The third-order valence-electron chi connectivity index (χ3n) is 3.05. The second kappa shape index (κ2) is 5.74. The molecule has 0 unspecified atom stereocenters. The van der Waals surface area contributed by atoms with Gasteiger partial charge in [0, 0.05) is 13.0 Å². The first-order valence-electron chi connectivity index (χ1n) is 6.37. The summed E-state index contributed by atoms with van der Waals surface area (Å²) in [6, 6.07) is 3.45. The first kappa shape index (κ1) is 17.1. The average Bonchev–Trinajstić information content (AvgIpc) is 2.38. The summed E-state index contributed by atoms with van der Waals surface area (Å²) in [4.78, 5) is 15.1. The van der Waals surface area contributed by atoms with Crippen molar-refractivity contribution < 1.29 is 31.4 Å². The van der Waals surface area contributed by atoms with Crippen LogP contribution in [0.25, 0.3) is 11.0 Å². The Morgan fingerprint density at radius 2 is 1.78 bits per heavy atom. The number of aryl methyl sites for hydroxylation is 1. The van der Waals surface area contributed by atoms with E-state index in [1.807, 2.05) is 0 Å². The fourth-order valence-electron chi connectivity index (χ4n) is 2.12. The molecule has 0 bridgehead atoms. The van der Waals surface area contributed by atoms with Crippen LogP contribution in [0.3, 0.4) is 0 Å². The highest BCUT2D eigenvalue weighted by molar-refractivity contribution is 5.81. The van der Waals surface area contributed by atoms with Gasteiger partial charge in [0.2, 0.25) is 5.69 Å². The van der Waals surface area contributed by atoms with E-state index in [0.717, 1.165) is 12.1 Å². The number of phenolic OH excluding ortho intramolecular Hbond substituents is 1. The summed E-state index contributed by atoms with van der Waals surface area (Å²) >= 11 is 0. The van der Waals surface area contributed by atoms with E-state index in [4.69, 9.17) is 0 Å². The van der Waals surface area contributed by atoms with Gasteiger partial charge < -0.3 is 9.67 Å². The number of para-hydroxylation sites is 1. The molecule has 0 spiro atoms. The minimum atomic E-state index is -5.05. The molecule has 0 amide bonds. The molecule has 0 saturated heterocycles. The molecule has 1 N–H and O–H groups in total. The van der Waals surface area contributed by atoms with Gasteiger partial charge in [0.15, 0.2) is 0 Å². The smallest absolute Gasteiger partial charge is 0.438 e. The zero-order chi connectivity index (χ0) is 17.4. The van der Waals surface area contributed by atoms with Crippen LogP contribution in [0.2, 0.25) is 0 Å². The van der Waals surface area contributed by atoms with Crippen LogP contribution in [0.1, 0.15) is 18.5 Å². The van der Waals surface area contributed by atoms with Gasteiger partial charge in [-0.1, -0.05) is 6.07 Å². The summed E-state index contributed by atoms with van der Waals surface area (Å²) in [7, 11) is 0. The van der Waals surface area contributed by atoms with Crippen molar-refractivity contribution in [2.75, 3.05) is 0 Å². The fourth-order valence-corrected chi connectivity index (χ4v) is 2.12.